The fourth-order valence-corrected chi connectivity index (χ4v) is 1.94. The fraction of sp³-hybridized carbons (Fsp3) is 0.462. The summed E-state index contributed by atoms with van der Waals surface area (Å²) in [7, 11) is 0. The highest BCUT2D eigenvalue weighted by molar-refractivity contribution is 5.57. The standard InChI is InChI=1S/C13H15NO6/c1-14-7-4-2-3-5-8(7)19-13-12(18)11(17)10(16)9(6-15)20-13/h2-5,9-13,15-18H,6H2. The second kappa shape index (κ2) is 6.17. The first-order valence-electron chi connectivity index (χ1n) is 6.02. The van der Waals surface area contributed by atoms with Crippen LogP contribution >= 0.6 is 0 Å². The Balaban J connectivity index is 2.18. The molecule has 0 radical (unpaired) electrons. The average Bonchev–Trinajstić information content (AvgIpc) is 2.48. The highest BCUT2D eigenvalue weighted by atomic mass is 16.7. The van der Waals surface area contributed by atoms with Gasteiger partial charge in [-0.15, -0.1) is 0 Å². The van der Waals surface area contributed by atoms with Crippen LogP contribution in [-0.4, -0.2) is 57.7 Å². The van der Waals surface area contributed by atoms with Crippen LogP contribution in [0.4, 0.5) is 5.69 Å². The second-order valence-electron chi connectivity index (χ2n) is 4.39. The predicted molar refractivity (Wildman–Crippen MR) is 67.1 cm³/mol. The van der Waals surface area contributed by atoms with E-state index in [0.717, 1.165) is 0 Å². The minimum absolute atomic E-state index is 0.187. The third kappa shape index (κ3) is 2.75. The van der Waals surface area contributed by atoms with Gasteiger partial charge in [-0.3, -0.25) is 0 Å². The lowest BCUT2D eigenvalue weighted by Crippen LogP contribution is -2.60. The Bertz CT molecular complexity index is 500. The van der Waals surface area contributed by atoms with Gasteiger partial charge in [0.25, 0.3) is 0 Å². The van der Waals surface area contributed by atoms with Crippen molar-refractivity contribution in [2.45, 2.75) is 30.7 Å². The predicted octanol–water partition coefficient (Wildman–Crippen LogP) is -0.584. The van der Waals surface area contributed by atoms with Gasteiger partial charge in [0, 0.05) is 0 Å². The molecule has 0 bridgehead atoms. The van der Waals surface area contributed by atoms with Gasteiger partial charge in [0.2, 0.25) is 12.0 Å². The van der Waals surface area contributed by atoms with Crippen LogP contribution in [0, 0.1) is 6.57 Å². The van der Waals surface area contributed by atoms with Crippen LogP contribution in [0.5, 0.6) is 5.75 Å². The molecule has 0 saturated carbocycles. The molecule has 0 aromatic heterocycles. The molecular formula is C13H15NO6. The smallest absolute Gasteiger partial charge is 0.228 e. The molecular weight excluding hydrogens is 266 g/mol. The van der Waals surface area contributed by atoms with Crippen molar-refractivity contribution in [3.05, 3.63) is 35.7 Å². The van der Waals surface area contributed by atoms with Gasteiger partial charge in [-0.1, -0.05) is 18.2 Å². The Labute approximate surface area is 115 Å². The summed E-state index contributed by atoms with van der Waals surface area (Å²) in [5.41, 5.74) is 0.226. The molecule has 1 heterocycles. The van der Waals surface area contributed by atoms with Crippen molar-refractivity contribution < 1.29 is 29.9 Å². The minimum atomic E-state index is -1.51. The second-order valence-corrected chi connectivity index (χ2v) is 4.39. The lowest BCUT2D eigenvalue weighted by Gasteiger charge is -2.39. The van der Waals surface area contributed by atoms with E-state index in [0.29, 0.717) is 0 Å². The van der Waals surface area contributed by atoms with Crippen molar-refractivity contribution in [1.29, 1.82) is 0 Å². The van der Waals surface area contributed by atoms with Crippen LogP contribution in [0.2, 0.25) is 0 Å². The summed E-state index contributed by atoms with van der Waals surface area (Å²) in [4.78, 5) is 3.26. The lowest BCUT2D eigenvalue weighted by atomic mass is 9.99. The Morgan fingerprint density at radius 2 is 1.85 bits per heavy atom. The number of para-hydroxylation sites is 2. The number of ether oxygens (including phenoxy) is 2. The van der Waals surface area contributed by atoms with Gasteiger partial charge in [0.05, 0.1) is 13.2 Å². The number of aliphatic hydroxyl groups is 4. The molecule has 1 aliphatic rings. The molecule has 0 aliphatic carbocycles. The lowest BCUT2D eigenvalue weighted by molar-refractivity contribution is -0.277. The SMILES string of the molecule is [C-]#[N+]c1ccccc1OC1OC(CO)C(O)C(O)C1O. The third-order valence-corrected chi connectivity index (χ3v) is 3.08. The topological polar surface area (TPSA) is 104 Å². The minimum Gasteiger partial charge on any atom is -0.473 e. The van der Waals surface area contributed by atoms with Gasteiger partial charge in [0.1, 0.15) is 30.2 Å². The summed E-state index contributed by atoms with van der Waals surface area (Å²) in [5, 5.41) is 38.2. The monoisotopic (exact) mass is 281 g/mol. The Morgan fingerprint density at radius 1 is 1.15 bits per heavy atom. The van der Waals surface area contributed by atoms with Crippen molar-refractivity contribution in [1.82, 2.24) is 0 Å². The molecule has 1 aromatic carbocycles. The van der Waals surface area contributed by atoms with Crippen molar-refractivity contribution >= 4 is 5.69 Å². The molecule has 7 heteroatoms. The van der Waals surface area contributed by atoms with Gasteiger partial charge in [0.15, 0.2) is 0 Å². The average molecular weight is 281 g/mol. The molecule has 7 nitrogen and oxygen atoms in total. The van der Waals surface area contributed by atoms with Gasteiger partial charge < -0.3 is 29.9 Å². The van der Waals surface area contributed by atoms with Crippen LogP contribution < -0.4 is 4.74 Å². The van der Waals surface area contributed by atoms with Crippen LogP contribution in [0.1, 0.15) is 0 Å². The molecule has 0 amide bonds. The normalized spacial score (nSPS) is 33.5. The number of aliphatic hydroxyl groups excluding tert-OH is 4. The van der Waals surface area contributed by atoms with E-state index < -0.39 is 37.3 Å². The van der Waals surface area contributed by atoms with Crippen LogP contribution in [-0.2, 0) is 4.74 Å². The maximum absolute atomic E-state index is 9.83. The van der Waals surface area contributed by atoms with Crippen molar-refractivity contribution in [2.24, 2.45) is 0 Å². The maximum Gasteiger partial charge on any atom is 0.228 e. The van der Waals surface area contributed by atoms with Crippen molar-refractivity contribution in [2.75, 3.05) is 6.61 Å². The van der Waals surface area contributed by atoms with Crippen LogP contribution in [0.25, 0.3) is 4.85 Å². The summed E-state index contributed by atoms with van der Waals surface area (Å²) >= 11 is 0. The zero-order chi connectivity index (χ0) is 14.7. The Morgan fingerprint density at radius 3 is 2.50 bits per heavy atom. The Kier molecular flexibility index (Phi) is 4.54. The maximum atomic E-state index is 9.83. The van der Waals surface area contributed by atoms with E-state index in [1.165, 1.54) is 12.1 Å². The van der Waals surface area contributed by atoms with Gasteiger partial charge in [-0.2, -0.15) is 0 Å². The molecule has 1 aromatic rings. The van der Waals surface area contributed by atoms with E-state index >= 15 is 0 Å². The largest absolute Gasteiger partial charge is 0.473 e. The summed E-state index contributed by atoms with van der Waals surface area (Å²) < 4.78 is 10.6. The summed E-state index contributed by atoms with van der Waals surface area (Å²) in [5.74, 6) is 0.187. The van der Waals surface area contributed by atoms with E-state index in [2.05, 4.69) is 4.85 Å². The highest BCUT2D eigenvalue weighted by Gasteiger charge is 2.44. The van der Waals surface area contributed by atoms with Gasteiger partial charge in [-0.25, -0.2) is 4.85 Å². The zero-order valence-corrected chi connectivity index (χ0v) is 10.5. The third-order valence-electron chi connectivity index (χ3n) is 3.08. The first-order chi connectivity index (χ1) is 9.58. The van der Waals surface area contributed by atoms with E-state index in [-0.39, 0.29) is 11.4 Å². The van der Waals surface area contributed by atoms with Gasteiger partial charge in [-0.05, 0) is 6.07 Å². The van der Waals surface area contributed by atoms with Gasteiger partial charge >= 0.3 is 0 Å². The van der Waals surface area contributed by atoms with Crippen LogP contribution in [0.3, 0.4) is 0 Å². The number of hydrogen-bond donors (Lipinski definition) is 4. The highest BCUT2D eigenvalue weighted by Crippen LogP contribution is 2.30. The number of benzene rings is 1. The molecule has 5 unspecified atom stereocenters. The first-order valence-corrected chi connectivity index (χ1v) is 6.02. The number of nitrogens with zero attached hydrogens (tertiary/aromatic N) is 1. The molecule has 4 N–H and O–H groups in total. The van der Waals surface area contributed by atoms with Crippen molar-refractivity contribution in [3.8, 4) is 5.75 Å². The van der Waals surface area contributed by atoms with E-state index in [1.807, 2.05) is 0 Å². The summed E-state index contributed by atoms with van der Waals surface area (Å²) in [6.45, 7) is 6.48. The zero-order valence-electron chi connectivity index (χ0n) is 10.5. The quantitative estimate of drug-likeness (QED) is 0.552. The number of rotatable bonds is 3. The molecule has 1 aliphatic heterocycles. The summed E-state index contributed by atoms with van der Waals surface area (Å²) in [6, 6.07) is 6.36. The van der Waals surface area contributed by atoms with E-state index in [1.54, 1.807) is 12.1 Å². The Hall–Kier alpha value is -1.69. The fourth-order valence-electron chi connectivity index (χ4n) is 1.94. The van der Waals surface area contributed by atoms with E-state index in [9.17, 15) is 15.3 Å². The molecule has 5 atom stereocenters. The van der Waals surface area contributed by atoms with Crippen molar-refractivity contribution in [3.63, 3.8) is 0 Å². The summed E-state index contributed by atoms with van der Waals surface area (Å²) in [6.07, 6.45) is -6.77. The van der Waals surface area contributed by atoms with E-state index in [4.69, 9.17) is 21.2 Å². The molecule has 108 valence electrons. The first kappa shape index (κ1) is 14.7. The number of hydrogen-bond acceptors (Lipinski definition) is 6. The van der Waals surface area contributed by atoms with Crippen LogP contribution in [0.15, 0.2) is 24.3 Å². The molecule has 1 saturated heterocycles. The molecule has 20 heavy (non-hydrogen) atoms. The molecule has 1 fully saturated rings. The molecule has 2 rings (SSSR count). The molecule has 0 spiro atoms.